The normalized spacial score (nSPS) is 11.5. The second kappa shape index (κ2) is 5.54. The zero-order valence-electron chi connectivity index (χ0n) is 11.5. The maximum atomic E-state index is 12.3. The molecule has 0 radical (unpaired) electrons. The van der Waals surface area contributed by atoms with Crippen LogP contribution in [0.4, 0.5) is 11.5 Å². The van der Waals surface area contributed by atoms with Crippen LogP contribution in [0.5, 0.6) is 0 Å². The van der Waals surface area contributed by atoms with Gasteiger partial charge in [0.2, 0.25) is 0 Å². The average molecular weight is 294 g/mol. The lowest BCUT2D eigenvalue weighted by Gasteiger charge is -2.09. The number of para-hydroxylation sites is 1. The Balaban J connectivity index is 2.33. The van der Waals surface area contributed by atoms with Crippen molar-refractivity contribution in [2.45, 2.75) is 31.7 Å². The molecule has 108 valence electrons. The second-order valence-corrected chi connectivity index (χ2v) is 6.21. The van der Waals surface area contributed by atoms with Crippen molar-refractivity contribution in [1.29, 1.82) is 0 Å². The zero-order chi connectivity index (χ0) is 14.8. The molecule has 0 saturated carbocycles. The van der Waals surface area contributed by atoms with Gasteiger partial charge in [0.15, 0.2) is 5.82 Å². The summed E-state index contributed by atoms with van der Waals surface area (Å²) < 4.78 is 28.8. The molecule has 7 heteroatoms. The summed E-state index contributed by atoms with van der Waals surface area (Å²) in [6, 6.07) is 7.16. The molecule has 3 N–H and O–H groups in total. The number of nitrogens with zero attached hydrogens (tertiary/aromatic N) is 2. The number of hydrogen-bond acceptors (Lipinski definition) is 4. The van der Waals surface area contributed by atoms with Crippen molar-refractivity contribution in [2.75, 3.05) is 10.5 Å². The van der Waals surface area contributed by atoms with Crippen molar-refractivity contribution in [3.8, 4) is 0 Å². The highest BCUT2D eigenvalue weighted by Crippen LogP contribution is 2.22. The molecule has 0 spiro atoms. The molecule has 0 fully saturated rings. The first-order valence-corrected chi connectivity index (χ1v) is 7.83. The van der Waals surface area contributed by atoms with Gasteiger partial charge in [-0.1, -0.05) is 25.1 Å². The number of aromatic nitrogens is 2. The smallest absolute Gasteiger partial charge is 0.267 e. The summed E-state index contributed by atoms with van der Waals surface area (Å²) in [4.78, 5) is 0.00852. The standard InChI is InChI=1S/C13H18N4O2S/c1-3-8-17-9-12(13(14)15-17)20(18,19)16-11-7-5-4-6-10(11)2/h4-7,9,16H,3,8H2,1-2H3,(H2,14,15). The molecule has 0 aliphatic heterocycles. The van der Waals surface area contributed by atoms with Gasteiger partial charge in [-0.25, -0.2) is 8.42 Å². The Kier molecular flexibility index (Phi) is 3.99. The van der Waals surface area contributed by atoms with Crippen LogP contribution in [0.25, 0.3) is 0 Å². The molecule has 1 aromatic heterocycles. The van der Waals surface area contributed by atoms with Crippen LogP contribution >= 0.6 is 0 Å². The summed E-state index contributed by atoms with van der Waals surface area (Å²) in [5.74, 6) is 0.0135. The Morgan fingerprint density at radius 3 is 2.70 bits per heavy atom. The van der Waals surface area contributed by atoms with Gasteiger partial charge in [0.05, 0.1) is 5.69 Å². The second-order valence-electron chi connectivity index (χ2n) is 4.56. The highest BCUT2D eigenvalue weighted by atomic mass is 32.2. The summed E-state index contributed by atoms with van der Waals surface area (Å²) >= 11 is 0. The third-order valence-corrected chi connectivity index (χ3v) is 4.27. The van der Waals surface area contributed by atoms with Gasteiger partial charge < -0.3 is 5.73 Å². The van der Waals surface area contributed by atoms with E-state index in [4.69, 9.17) is 5.73 Å². The number of nitrogen functional groups attached to an aromatic ring is 1. The van der Waals surface area contributed by atoms with E-state index in [9.17, 15) is 8.42 Å². The fourth-order valence-electron chi connectivity index (χ4n) is 1.86. The van der Waals surface area contributed by atoms with E-state index < -0.39 is 10.0 Å². The van der Waals surface area contributed by atoms with Gasteiger partial charge in [-0.3, -0.25) is 9.40 Å². The van der Waals surface area contributed by atoms with E-state index in [0.717, 1.165) is 12.0 Å². The first-order valence-electron chi connectivity index (χ1n) is 6.35. The molecule has 6 nitrogen and oxygen atoms in total. The minimum atomic E-state index is -3.72. The fraction of sp³-hybridized carbons (Fsp3) is 0.308. The van der Waals surface area contributed by atoms with E-state index in [0.29, 0.717) is 12.2 Å². The van der Waals surface area contributed by atoms with Crippen molar-refractivity contribution < 1.29 is 8.42 Å². The summed E-state index contributed by atoms with van der Waals surface area (Å²) in [7, 11) is -3.72. The van der Waals surface area contributed by atoms with Crippen molar-refractivity contribution in [2.24, 2.45) is 0 Å². The lowest BCUT2D eigenvalue weighted by atomic mass is 10.2. The predicted molar refractivity (Wildman–Crippen MR) is 78.9 cm³/mol. The largest absolute Gasteiger partial charge is 0.381 e. The van der Waals surface area contributed by atoms with Gasteiger partial charge in [-0.2, -0.15) is 5.10 Å². The van der Waals surface area contributed by atoms with Gasteiger partial charge in [-0.05, 0) is 25.0 Å². The molecule has 1 aromatic carbocycles. The van der Waals surface area contributed by atoms with Crippen LogP contribution in [-0.2, 0) is 16.6 Å². The fourth-order valence-corrected chi connectivity index (χ4v) is 3.06. The highest BCUT2D eigenvalue weighted by Gasteiger charge is 2.21. The number of nitrogens with two attached hydrogens (primary N) is 1. The van der Waals surface area contributed by atoms with Crippen LogP contribution in [0.15, 0.2) is 35.4 Å². The summed E-state index contributed by atoms with van der Waals surface area (Å²) in [6.07, 6.45) is 2.31. The van der Waals surface area contributed by atoms with Crippen LogP contribution < -0.4 is 10.5 Å². The lowest BCUT2D eigenvalue weighted by Crippen LogP contribution is -2.14. The van der Waals surface area contributed by atoms with Gasteiger partial charge in [0, 0.05) is 12.7 Å². The monoisotopic (exact) mass is 294 g/mol. The number of sulfonamides is 1. The molecule has 0 bridgehead atoms. The van der Waals surface area contributed by atoms with Crippen molar-refractivity contribution >= 4 is 21.5 Å². The van der Waals surface area contributed by atoms with E-state index in [2.05, 4.69) is 9.82 Å². The number of rotatable bonds is 5. The summed E-state index contributed by atoms with van der Waals surface area (Å²) in [6.45, 7) is 4.45. The van der Waals surface area contributed by atoms with Gasteiger partial charge >= 0.3 is 0 Å². The SMILES string of the molecule is CCCn1cc(S(=O)(=O)Nc2ccccc2C)c(N)n1. The Bertz CT molecular complexity index is 707. The Labute approximate surface area is 118 Å². The van der Waals surface area contributed by atoms with E-state index >= 15 is 0 Å². The molecule has 20 heavy (non-hydrogen) atoms. The van der Waals surface area contributed by atoms with Gasteiger partial charge in [-0.15, -0.1) is 0 Å². The van der Waals surface area contributed by atoms with Crippen LogP contribution in [-0.4, -0.2) is 18.2 Å². The van der Waals surface area contributed by atoms with Crippen molar-refractivity contribution in [1.82, 2.24) is 9.78 Å². The number of aryl methyl sites for hydroxylation is 2. The quantitative estimate of drug-likeness (QED) is 0.882. The molecule has 0 amide bonds. The van der Waals surface area contributed by atoms with Crippen LogP contribution in [0.3, 0.4) is 0 Å². The molecule has 0 aliphatic carbocycles. The number of benzene rings is 1. The van der Waals surface area contributed by atoms with Crippen molar-refractivity contribution in [3.05, 3.63) is 36.0 Å². The molecule has 1 heterocycles. The topological polar surface area (TPSA) is 90.0 Å². The van der Waals surface area contributed by atoms with Crippen molar-refractivity contribution in [3.63, 3.8) is 0 Å². The minimum Gasteiger partial charge on any atom is -0.381 e. The Hall–Kier alpha value is -2.02. The zero-order valence-corrected chi connectivity index (χ0v) is 12.3. The third kappa shape index (κ3) is 2.93. The summed E-state index contributed by atoms with van der Waals surface area (Å²) in [5.41, 5.74) is 7.08. The molecule has 2 rings (SSSR count). The van der Waals surface area contributed by atoms with E-state index in [1.807, 2.05) is 26.0 Å². The van der Waals surface area contributed by atoms with Gasteiger partial charge in [0.1, 0.15) is 4.90 Å². The van der Waals surface area contributed by atoms with Gasteiger partial charge in [0.25, 0.3) is 10.0 Å². The molecule has 0 atom stereocenters. The molecule has 0 unspecified atom stereocenters. The van der Waals surface area contributed by atoms with Crippen LogP contribution in [0.1, 0.15) is 18.9 Å². The average Bonchev–Trinajstić information content (AvgIpc) is 2.74. The first-order chi connectivity index (χ1) is 9.44. The maximum Gasteiger partial charge on any atom is 0.267 e. The molecular formula is C13H18N4O2S. The minimum absolute atomic E-state index is 0.00852. The Morgan fingerprint density at radius 2 is 2.05 bits per heavy atom. The summed E-state index contributed by atoms with van der Waals surface area (Å²) in [5, 5.41) is 4.01. The van der Waals surface area contributed by atoms with E-state index in [1.54, 1.807) is 16.8 Å². The number of anilines is 2. The molecular weight excluding hydrogens is 276 g/mol. The highest BCUT2D eigenvalue weighted by molar-refractivity contribution is 7.92. The first kappa shape index (κ1) is 14.4. The van der Waals surface area contributed by atoms with E-state index in [1.165, 1.54) is 6.20 Å². The Morgan fingerprint density at radius 1 is 1.35 bits per heavy atom. The third-order valence-electron chi connectivity index (χ3n) is 2.89. The number of nitrogens with one attached hydrogen (secondary N) is 1. The van der Waals surface area contributed by atoms with Crippen LogP contribution in [0.2, 0.25) is 0 Å². The molecule has 0 saturated heterocycles. The molecule has 2 aromatic rings. The lowest BCUT2D eigenvalue weighted by molar-refractivity contribution is 0.595. The predicted octanol–water partition coefficient (Wildman–Crippen LogP) is 1.98. The van der Waals surface area contributed by atoms with Crippen LogP contribution in [0, 0.1) is 6.92 Å². The van der Waals surface area contributed by atoms with E-state index in [-0.39, 0.29) is 10.7 Å². The molecule has 0 aliphatic rings. The number of hydrogen-bond donors (Lipinski definition) is 2. The maximum absolute atomic E-state index is 12.3.